The first-order valence-electron chi connectivity index (χ1n) is 6.88. The zero-order chi connectivity index (χ0) is 15.8. The summed E-state index contributed by atoms with van der Waals surface area (Å²) < 4.78 is 27.2. The lowest BCUT2D eigenvalue weighted by molar-refractivity contribution is 0.218. The smallest absolute Gasteiger partial charge is 0.244 e. The molecule has 0 radical (unpaired) electrons. The van der Waals surface area contributed by atoms with Crippen LogP contribution in [-0.4, -0.2) is 30.4 Å². The van der Waals surface area contributed by atoms with Crippen LogP contribution in [0, 0.1) is 5.92 Å². The van der Waals surface area contributed by atoms with Gasteiger partial charge in [-0.1, -0.05) is 30.1 Å². The molecule has 0 spiro atoms. The summed E-state index contributed by atoms with van der Waals surface area (Å²) >= 11 is 12.0. The van der Waals surface area contributed by atoms with E-state index in [9.17, 15) is 13.5 Å². The van der Waals surface area contributed by atoms with E-state index in [-0.39, 0.29) is 27.6 Å². The lowest BCUT2D eigenvalue weighted by Crippen LogP contribution is -2.44. The van der Waals surface area contributed by atoms with Crippen molar-refractivity contribution in [2.45, 2.75) is 44.2 Å². The number of halogens is 2. The van der Waals surface area contributed by atoms with Gasteiger partial charge in [0.2, 0.25) is 10.0 Å². The van der Waals surface area contributed by atoms with Crippen molar-refractivity contribution in [2.75, 3.05) is 6.54 Å². The number of hydrogen-bond donors (Lipinski definition) is 1. The second-order valence-corrected chi connectivity index (χ2v) is 8.31. The second kappa shape index (κ2) is 6.42. The second-order valence-electron chi connectivity index (χ2n) is 5.64. The number of hydrogen-bond acceptors (Lipinski definition) is 3. The molecule has 118 valence electrons. The highest BCUT2D eigenvalue weighted by atomic mass is 35.5. The van der Waals surface area contributed by atoms with Gasteiger partial charge in [0.15, 0.2) is 0 Å². The van der Waals surface area contributed by atoms with Crippen molar-refractivity contribution < 1.29 is 13.5 Å². The van der Waals surface area contributed by atoms with E-state index in [2.05, 4.69) is 0 Å². The van der Waals surface area contributed by atoms with Crippen molar-refractivity contribution in [2.24, 2.45) is 5.92 Å². The Labute approximate surface area is 135 Å². The lowest BCUT2D eigenvalue weighted by Gasteiger charge is -2.35. The first-order valence-corrected chi connectivity index (χ1v) is 9.07. The fourth-order valence-corrected chi connectivity index (χ4v) is 5.21. The van der Waals surface area contributed by atoms with Crippen molar-refractivity contribution in [1.29, 1.82) is 0 Å². The van der Waals surface area contributed by atoms with Gasteiger partial charge in [-0.2, -0.15) is 4.31 Å². The molecule has 1 saturated heterocycles. The summed E-state index contributed by atoms with van der Waals surface area (Å²) in [4.78, 5) is 0.0126. The molecule has 7 heteroatoms. The Hall–Kier alpha value is -0.330. The minimum absolute atomic E-state index is 0.0126. The molecule has 2 rings (SSSR count). The van der Waals surface area contributed by atoms with Crippen LogP contribution in [0.15, 0.2) is 17.0 Å². The third-order valence-corrected chi connectivity index (χ3v) is 6.71. The lowest BCUT2D eigenvalue weighted by atomic mass is 9.97. The summed E-state index contributed by atoms with van der Waals surface area (Å²) in [6, 6.07) is 2.68. The molecule has 0 amide bonds. The topological polar surface area (TPSA) is 57.6 Å². The van der Waals surface area contributed by atoms with E-state index in [1.54, 1.807) is 0 Å². The Balaban J connectivity index is 2.48. The summed E-state index contributed by atoms with van der Waals surface area (Å²) in [6.07, 6.45) is 1.85. The molecular weight excluding hydrogens is 333 g/mol. The van der Waals surface area contributed by atoms with Gasteiger partial charge in [-0.05, 0) is 43.4 Å². The molecule has 1 aromatic rings. The molecule has 2 atom stereocenters. The number of rotatable bonds is 3. The Bertz CT molecular complexity index is 633. The Kier molecular flexibility index (Phi) is 5.21. The molecule has 1 aliphatic heterocycles. The predicted octanol–water partition coefficient (Wildman–Crippen LogP) is 3.29. The molecule has 4 nitrogen and oxygen atoms in total. The van der Waals surface area contributed by atoms with E-state index in [0.29, 0.717) is 18.0 Å². The highest BCUT2D eigenvalue weighted by Crippen LogP contribution is 2.34. The van der Waals surface area contributed by atoms with Gasteiger partial charge in [0.05, 0.1) is 11.6 Å². The van der Waals surface area contributed by atoms with Crippen LogP contribution in [0.5, 0.6) is 0 Å². The number of benzene rings is 1. The van der Waals surface area contributed by atoms with E-state index in [0.717, 1.165) is 12.8 Å². The number of nitrogens with zero attached hydrogens (tertiary/aromatic N) is 1. The van der Waals surface area contributed by atoms with Gasteiger partial charge < -0.3 is 5.11 Å². The van der Waals surface area contributed by atoms with Gasteiger partial charge in [-0.15, -0.1) is 0 Å². The zero-order valence-corrected chi connectivity index (χ0v) is 14.3. The summed E-state index contributed by atoms with van der Waals surface area (Å²) in [5, 5.41) is 9.62. The predicted molar refractivity (Wildman–Crippen MR) is 84.1 cm³/mol. The fraction of sp³-hybridized carbons (Fsp3) is 0.571. The van der Waals surface area contributed by atoms with Crippen molar-refractivity contribution in [1.82, 2.24) is 4.31 Å². The molecule has 1 N–H and O–H groups in total. The molecule has 0 bridgehead atoms. The zero-order valence-electron chi connectivity index (χ0n) is 12.0. The van der Waals surface area contributed by atoms with Gasteiger partial charge in [0.1, 0.15) is 4.90 Å². The quantitative estimate of drug-likeness (QED) is 0.908. The fourth-order valence-electron chi connectivity index (χ4n) is 2.60. The minimum Gasteiger partial charge on any atom is -0.392 e. The third kappa shape index (κ3) is 3.37. The first kappa shape index (κ1) is 17.0. The minimum atomic E-state index is -3.69. The summed E-state index contributed by atoms with van der Waals surface area (Å²) in [5.41, 5.74) is 0.359. The van der Waals surface area contributed by atoms with Gasteiger partial charge in [-0.3, -0.25) is 0 Å². The normalized spacial score (nSPS) is 24.2. The maximum absolute atomic E-state index is 12.9. The van der Waals surface area contributed by atoms with E-state index in [1.165, 1.54) is 16.4 Å². The Morgan fingerprint density at radius 3 is 2.52 bits per heavy atom. The molecule has 1 aromatic carbocycles. The van der Waals surface area contributed by atoms with Crippen LogP contribution < -0.4 is 0 Å². The highest BCUT2D eigenvalue weighted by molar-refractivity contribution is 7.89. The average molecular weight is 352 g/mol. The summed E-state index contributed by atoms with van der Waals surface area (Å²) in [6.45, 7) is 4.10. The van der Waals surface area contributed by atoms with Crippen LogP contribution >= 0.6 is 23.2 Å². The Morgan fingerprint density at radius 1 is 1.24 bits per heavy atom. The maximum atomic E-state index is 12.9. The SMILES string of the molecule is CC1CCC(C)N(S(=O)(=O)c2cc(CO)c(Cl)cc2Cl)C1. The molecule has 1 heterocycles. The summed E-state index contributed by atoms with van der Waals surface area (Å²) in [7, 11) is -3.69. The first-order chi connectivity index (χ1) is 9.77. The standard InChI is InChI=1S/C14H19Cl2NO3S/c1-9-3-4-10(2)17(7-9)21(19,20)14-5-11(8-18)12(15)6-13(14)16/h5-6,9-10,18H,3-4,7-8H2,1-2H3. The average Bonchev–Trinajstić information content (AvgIpc) is 2.41. The van der Waals surface area contributed by atoms with Crippen LogP contribution in [0.1, 0.15) is 32.3 Å². The van der Waals surface area contributed by atoms with Gasteiger partial charge >= 0.3 is 0 Å². The van der Waals surface area contributed by atoms with Crippen LogP contribution in [-0.2, 0) is 16.6 Å². The molecule has 2 unspecified atom stereocenters. The highest BCUT2D eigenvalue weighted by Gasteiger charge is 2.35. The Morgan fingerprint density at radius 2 is 1.90 bits per heavy atom. The van der Waals surface area contributed by atoms with Crippen LogP contribution in [0.4, 0.5) is 0 Å². The van der Waals surface area contributed by atoms with Gasteiger partial charge in [0.25, 0.3) is 0 Å². The van der Waals surface area contributed by atoms with Crippen molar-refractivity contribution in [3.63, 3.8) is 0 Å². The van der Waals surface area contributed by atoms with Crippen LogP contribution in [0.25, 0.3) is 0 Å². The van der Waals surface area contributed by atoms with Crippen LogP contribution in [0.2, 0.25) is 10.0 Å². The molecule has 1 fully saturated rings. The van der Waals surface area contributed by atoms with Crippen LogP contribution in [0.3, 0.4) is 0 Å². The molecule has 0 aromatic heterocycles. The molecular formula is C14H19Cl2NO3S. The van der Waals surface area contributed by atoms with Gasteiger partial charge in [-0.25, -0.2) is 8.42 Å². The summed E-state index contributed by atoms with van der Waals surface area (Å²) in [5.74, 6) is 0.319. The number of aliphatic hydroxyl groups excluding tert-OH is 1. The largest absolute Gasteiger partial charge is 0.392 e. The monoisotopic (exact) mass is 351 g/mol. The third-order valence-electron chi connectivity index (χ3n) is 3.92. The molecule has 21 heavy (non-hydrogen) atoms. The van der Waals surface area contributed by atoms with E-state index < -0.39 is 10.0 Å². The van der Waals surface area contributed by atoms with Gasteiger partial charge in [0, 0.05) is 17.6 Å². The maximum Gasteiger partial charge on any atom is 0.244 e. The molecule has 0 aliphatic carbocycles. The number of sulfonamides is 1. The van der Waals surface area contributed by atoms with Crippen molar-refractivity contribution in [3.05, 3.63) is 27.7 Å². The molecule has 0 saturated carbocycles. The number of piperidine rings is 1. The van der Waals surface area contributed by atoms with E-state index in [4.69, 9.17) is 23.2 Å². The molecule has 1 aliphatic rings. The van der Waals surface area contributed by atoms with Crippen molar-refractivity contribution >= 4 is 33.2 Å². The number of aliphatic hydroxyl groups is 1. The van der Waals surface area contributed by atoms with E-state index in [1.807, 2.05) is 13.8 Å². The van der Waals surface area contributed by atoms with Crippen molar-refractivity contribution in [3.8, 4) is 0 Å². The van der Waals surface area contributed by atoms with E-state index >= 15 is 0 Å².